The van der Waals surface area contributed by atoms with E-state index in [1.54, 1.807) is 17.7 Å². The lowest BCUT2D eigenvalue weighted by Crippen LogP contribution is -2.51. The predicted molar refractivity (Wildman–Crippen MR) is 154 cm³/mol. The van der Waals surface area contributed by atoms with Crippen LogP contribution in [0.25, 0.3) is 0 Å². The van der Waals surface area contributed by atoms with Crippen LogP contribution >= 0.6 is 11.6 Å². The van der Waals surface area contributed by atoms with Gasteiger partial charge in [0.05, 0.1) is 10.6 Å². The van der Waals surface area contributed by atoms with Crippen LogP contribution in [0, 0.1) is 46.3 Å². The fourth-order valence-corrected chi connectivity index (χ4v) is 9.81. The normalized spacial score (nSPS) is 37.8. The summed E-state index contributed by atoms with van der Waals surface area (Å²) in [6, 6.07) is 7.22. The molecule has 4 aliphatic carbocycles. The first-order chi connectivity index (χ1) is 17.6. The number of rotatable bonds is 7. The van der Waals surface area contributed by atoms with Crippen LogP contribution in [0.1, 0.15) is 116 Å². The van der Waals surface area contributed by atoms with Crippen LogP contribution in [0.4, 0.5) is 0 Å². The number of hydrogen-bond donors (Lipinski definition) is 0. The summed E-state index contributed by atoms with van der Waals surface area (Å²) in [6.07, 6.45) is 16.6. The van der Waals surface area contributed by atoms with Gasteiger partial charge in [-0.25, -0.2) is 4.79 Å². The quantitative estimate of drug-likeness (QED) is 0.262. The third-order valence-electron chi connectivity index (χ3n) is 11.6. The molecule has 204 valence electrons. The van der Waals surface area contributed by atoms with Crippen LogP contribution in [0.15, 0.2) is 35.9 Å². The molecule has 0 unspecified atom stereocenters. The lowest BCUT2D eigenvalue weighted by atomic mass is 9.47. The summed E-state index contributed by atoms with van der Waals surface area (Å²) < 4.78 is 6.00. The fourth-order valence-electron chi connectivity index (χ4n) is 9.59. The molecule has 0 saturated heterocycles. The molecule has 37 heavy (non-hydrogen) atoms. The number of carbonyl (C=O) groups is 1. The maximum absolute atomic E-state index is 12.8. The average Bonchev–Trinajstić information content (AvgIpc) is 3.21. The number of halogens is 1. The highest BCUT2D eigenvalue weighted by atomic mass is 35.5. The summed E-state index contributed by atoms with van der Waals surface area (Å²) in [5, 5.41) is 0.474. The highest BCUT2D eigenvalue weighted by molar-refractivity contribution is 6.33. The zero-order valence-corrected chi connectivity index (χ0v) is 24.7. The zero-order chi connectivity index (χ0) is 26.4. The molecule has 0 amide bonds. The third kappa shape index (κ3) is 5.06. The molecule has 1 aromatic rings. The summed E-state index contributed by atoms with van der Waals surface area (Å²) in [5.41, 5.74) is 2.86. The number of carbonyl (C=O) groups excluding carboxylic acids is 1. The van der Waals surface area contributed by atoms with Crippen molar-refractivity contribution in [1.29, 1.82) is 0 Å². The predicted octanol–water partition coefficient (Wildman–Crippen LogP) is 9.91. The number of allylic oxidation sites excluding steroid dienone is 1. The molecule has 3 heteroatoms. The van der Waals surface area contributed by atoms with Gasteiger partial charge in [0.15, 0.2) is 0 Å². The number of benzene rings is 1. The Morgan fingerprint density at radius 3 is 2.57 bits per heavy atom. The van der Waals surface area contributed by atoms with Crippen molar-refractivity contribution in [2.45, 2.75) is 111 Å². The van der Waals surface area contributed by atoms with Crippen molar-refractivity contribution in [2.75, 3.05) is 0 Å². The highest BCUT2D eigenvalue weighted by Gasteiger charge is 2.59. The number of hydrogen-bond acceptors (Lipinski definition) is 2. The molecule has 0 aliphatic heterocycles. The molecule has 5 rings (SSSR count). The van der Waals surface area contributed by atoms with E-state index < -0.39 is 0 Å². The van der Waals surface area contributed by atoms with Gasteiger partial charge in [-0.2, -0.15) is 0 Å². The lowest BCUT2D eigenvalue weighted by molar-refractivity contribution is -0.0594. The fraction of sp³-hybridized carbons (Fsp3) is 0.735. The zero-order valence-electron chi connectivity index (χ0n) is 23.9. The topological polar surface area (TPSA) is 26.3 Å². The molecule has 8 atom stereocenters. The van der Waals surface area contributed by atoms with Crippen LogP contribution in [-0.2, 0) is 4.74 Å². The minimum atomic E-state index is -0.276. The highest BCUT2D eigenvalue weighted by Crippen LogP contribution is 2.67. The average molecular weight is 525 g/mol. The molecular formula is C34H49ClO2. The van der Waals surface area contributed by atoms with Gasteiger partial charge < -0.3 is 4.74 Å². The first-order valence-corrected chi connectivity index (χ1v) is 15.7. The summed E-state index contributed by atoms with van der Waals surface area (Å²) in [5.74, 6) is 4.83. The molecule has 3 fully saturated rings. The number of fused-ring (bicyclic) bond motifs is 5. The van der Waals surface area contributed by atoms with Gasteiger partial charge in [-0.15, -0.1) is 0 Å². The monoisotopic (exact) mass is 524 g/mol. The second kappa shape index (κ2) is 10.7. The molecule has 0 spiro atoms. The Morgan fingerprint density at radius 1 is 1.03 bits per heavy atom. The molecule has 0 N–H and O–H groups in total. The van der Waals surface area contributed by atoms with E-state index in [9.17, 15) is 4.79 Å². The SMILES string of the molecule is CC(C)CCC[C@@H](C)[C@H]1CC[C@H]2[C@H]3CC=C4C[C@@H](OC(=O)c5ccccc5Cl)CC[C@]4(C)[C@@H]3CC[C@]12C. The second-order valence-corrected chi connectivity index (χ2v) is 14.4. The molecule has 3 saturated carbocycles. The first-order valence-electron chi connectivity index (χ1n) is 15.3. The van der Waals surface area contributed by atoms with E-state index in [1.165, 1.54) is 51.4 Å². The molecule has 0 bridgehead atoms. The standard InChI is InChI=1S/C34H49ClO2/c1-22(2)9-8-10-23(3)28-15-16-29-26-14-13-24-21-25(37-32(36)27-11-6-7-12-31(27)35)17-19-33(24,4)30(26)18-20-34(28,29)5/h6-7,11-13,22-23,25-26,28-30H,8-10,14-21H2,1-5H3/t23-,25+,26-,28-,29+,30-,33+,34-/m1/s1. The Hall–Kier alpha value is -1.28. The Morgan fingerprint density at radius 2 is 1.81 bits per heavy atom. The minimum absolute atomic E-state index is 0.0314. The Balaban J connectivity index is 1.26. The van der Waals surface area contributed by atoms with Gasteiger partial charge in [-0.1, -0.05) is 89.3 Å². The summed E-state index contributed by atoms with van der Waals surface area (Å²) >= 11 is 6.26. The van der Waals surface area contributed by atoms with Gasteiger partial charge in [0.2, 0.25) is 0 Å². The van der Waals surface area contributed by atoms with Crippen molar-refractivity contribution in [3.8, 4) is 0 Å². The van der Waals surface area contributed by atoms with Crippen LogP contribution in [0.3, 0.4) is 0 Å². The van der Waals surface area contributed by atoms with Crippen molar-refractivity contribution < 1.29 is 9.53 Å². The lowest BCUT2D eigenvalue weighted by Gasteiger charge is -2.58. The summed E-state index contributed by atoms with van der Waals surface area (Å²) in [4.78, 5) is 12.8. The molecule has 0 heterocycles. The summed E-state index contributed by atoms with van der Waals surface area (Å²) in [6.45, 7) is 12.5. The van der Waals surface area contributed by atoms with E-state index in [1.807, 2.05) is 12.1 Å². The van der Waals surface area contributed by atoms with Gasteiger partial charge in [0.25, 0.3) is 0 Å². The maximum atomic E-state index is 12.8. The van der Waals surface area contributed by atoms with Crippen molar-refractivity contribution in [2.24, 2.45) is 46.3 Å². The van der Waals surface area contributed by atoms with E-state index in [0.717, 1.165) is 54.8 Å². The van der Waals surface area contributed by atoms with Crippen molar-refractivity contribution >= 4 is 17.6 Å². The first kappa shape index (κ1) is 27.3. The van der Waals surface area contributed by atoms with Gasteiger partial charge in [-0.3, -0.25) is 0 Å². The smallest absolute Gasteiger partial charge is 0.339 e. The molecule has 0 aromatic heterocycles. The van der Waals surface area contributed by atoms with Gasteiger partial charge >= 0.3 is 5.97 Å². The third-order valence-corrected chi connectivity index (χ3v) is 12.0. The molecule has 2 nitrogen and oxygen atoms in total. The van der Waals surface area contributed by atoms with Crippen LogP contribution in [0.5, 0.6) is 0 Å². The molecule has 0 radical (unpaired) electrons. The molecule has 1 aromatic carbocycles. The second-order valence-electron chi connectivity index (χ2n) is 14.0. The van der Waals surface area contributed by atoms with E-state index in [0.29, 0.717) is 16.0 Å². The largest absolute Gasteiger partial charge is 0.458 e. The van der Waals surface area contributed by atoms with Crippen molar-refractivity contribution in [1.82, 2.24) is 0 Å². The number of ether oxygens (including phenoxy) is 1. The minimum Gasteiger partial charge on any atom is -0.458 e. The Kier molecular flexibility index (Phi) is 7.90. The van der Waals surface area contributed by atoms with E-state index >= 15 is 0 Å². The molecular weight excluding hydrogens is 476 g/mol. The van der Waals surface area contributed by atoms with Crippen LogP contribution < -0.4 is 0 Å². The van der Waals surface area contributed by atoms with E-state index in [2.05, 4.69) is 40.7 Å². The van der Waals surface area contributed by atoms with Crippen LogP contribution in [-0.4, -0.2) is 12.1 Å². The number of esters is 1. The molecule has 4 aliphatic rings. The van der Waals surface area contributed by atoms with E-state index in [-0.39, 0.29) is 17.5 Å². The summed E-state index contributed by atoms with van der Waals surface area (Å²) in [7, 11) is 0. The van der Waals surface area contributed by atoms with Gasteiger partial charge in [-0.05, 0) is 103 Å². The Labute approximate surface area is 231 Å². The van der Waals surface area contributed by atoms with Gasteiger partial charge in [0.1, 0.15) is 6.10 Å². The van der Waals surface area contributed by atoms with Crippen LogP contribution in [0.2, 0.25) is 5.02 Å². The van der Waals surface area contributed by atoms with E-state index in [4.69, 9.17) is 16.3 Å². The van der Waals surface area contributed by atoms with Crippen molar-refractivity contribution in [3.63, 3.8) is 0 Å². The van der Waals surface area contributed by atoms with Crippen molar-refractivity contribution in [3.05, 3.63) is 46.5 Å². The van der Waals surface area contributed by atoms with Gasteiger partial charge in [0, 0.05) is 6.42 Å². The maximum Gasteiger partial charge on any atom is 0.339 e. The Bertz CT molecular complexity index is 1010.